The maximum atomic E-state index is 11.6. The molecule has 98 valence electrons. The van der Waals surface area contributed by atoms with Gasteiger partial charge in [-0.05, 0) is 40.2 Å². The van der Waals surface area contributed by atoms with Gasteiger partial charge in [0.25, 0.3) is 0 Å². The third-order valence-electron chi connectivity index (χ3n) is 2.24. The fraction of sp³-hybridized carbons (Fsp3) is 0.0769. The molecule has 0 N–H and O–H groups in total. The number of aryl methyl sites for hydroxylation is 1. The normalized spacial score (nSPS) is 10.9. The molecule has 1 heterocycles. The van der Waals surface area contributed by atoms with Crippen LogP contribution < -0.4 is 4.74 Å². The van der Waals surface area contributed by atoms with Crippen LogP contribution in [0.3, 0.4) is 0 Å². The van der Waals surface area contributed by atoms with Crippen molar-refractivity contribution < 1.29 is 9.53 Å². The molecular weight excluding hydrogens is 332 g/mol. The van der Waals surface area contributed by atoms with Gasteiger partial charge in [-0.1, -0.05) is 11.6 Å². The summed E-state index contributed by atoms with van der Waals surface area (Å²) in [4.78, 5) is 11.6. The Morgan fingerprint density at radius 3 is 2.95 bits per heavy atom. The Hall–Kier alpha value is -1.59. The molecule has 0 atom stereocenters. The van der Waals surface area contributed by atoms with Crippen LogP contribution in [0.4, 0.5) is 0 Å². The van der Waals surface area contributed by atoms with Gasteiger partial charge in [0.1, 0.15) is 5.75 Å². The van der Waals surface area contributed by atoms with Gasteiger partial charge in [0.2, 0.25) is 0 Å². The minimum absolute atomic E-state index is 0.422. The van der Waals surface area contributed by atoms with Crippen molar-refractivity contribution in [2.45, 2.75) is 0 Å². The number of aromatic nitrogens is 2. The van der Waals surface area contributed by atoms with E-state index in [1.54, 1.807) is 48.4 Å². The molecule has 19 heavy (non-hydrogen) atoms. The zero-order valence-electron chi connectivity index (χ0n) is 10.0. The van der Waals surface area contributed by atoms with E-state index in [9.17, 15) is 4.79 Å². The molecular formula is C13H10BrClN2O2. The molecule has 0 unspecified atom stereocenters. The van der Waals surface area contributed by atoms with Gasteiger partial charge in [-0.25, -0.2) is 4.79 Å². The molecule has 0 saturated carbocycles. The summed E-state index contributed by atoms with van der Waals surface area (Å²) in [5, 5.41) is 4.56. The second-order valence-electron chi connectivity index (χ2n) is 3.78. The molecule has 6 heteroatoms. The van der Waals surface area contributed by atoms with E-state index in [4.69, 9.17) is 16.3 Å². The van der Waals surface area contributed by atoms with E-state index in [0.717, 1.165) is 5.56 Å². The van der Waals surface area contributed by atoms with Gasteiger partial charge in [-0.15, -0.1) is 0 Å². The van der Waals surface area contributed by atoms with Crippen molar-refractivity contribution in [3.8, 4) is 5.75 Å². The number of ether oxygens (including phenoxy) is 1. The molecule has 4 nitrogen and oxygen atoms in total. The highest BCUT2D eigenvalue weighted by molar-refractivity contribution is 9.10. The summed E-state index contributed by atoms with van der Waals surface area (Å²) in [7, 11) is 1.81. The molecule has 2 aromatic rings. The molecule has 1 aromatic carbocycles. The Morgan fingerprint density at radius 2 is 2.32 bits per heavy atom. The van der Waals surface area contributed by atoms with Gasteiger partial charge < -0.3 is 4.74 Å². The highest BCUT2D eigenvalue weighted by Crippen LogP contribution is 2.28. The molecule has 0 bridgehead atoms. The molecule has 0 aliphatic heterocycles. The molecule has 0 fully saturated rings. The number of nitrogens with zero attached hydrogens (tertiary/aromatic N) is 2. The van der Waals surface area contributed by atoms with E-state index < -0.39 is 5.97 Å². The predicted octanol–water partition coefficient (Wildman–Crippen LogP) is 3.45. The third-order valence-corrected chi connectivity index (χ3v) is 3.10. The number of carbonyl (C=O) groups excluding carboxylic acids is 1. The van der Waals surface area contributed by atoms with Crippen LogP contribution >= 0.6 is 27.5 Å². The third kappa shape index (κ3) is 3.94. The van der Waals surface area contributed by atoms with Gasteiger partial charge in [-0.3, -0.25) is 4.68 Å². The van der Waals surface area contributed by atoms with Crippen LogP contribution in [-0.2, 0) is 11.8 Å². The van der Waals surface area contributed by atoms with Crippen LogP contribution in [0, 0.1) is 0 Å². The zero-order chi connectivity index (χ0) is 13.8. The molecule has 1 aromatic heterocycles. The van der Waals surface area contributed by atoms with Crippen molar-refractivity contribution in [1.82, 2.24) is 9.78 Å². The Bertz CT molecular complexity index is 637. The van der Waals surface area contributed by atoms with Crippen molar-refractivity contribution in [3.05, 3.63) is 51.7 Å². The van der Waals surface area contributed by atoms with Crippen LogP contribution in [-0.4, -0.2) is 15.7 Å². The first kappa shape index (κ1) is 13.8. The number of halogens is 2. The number of hydrogen-bond donors (Lipinski definition) is 0. The van der Waals surface area contributed by atoms with Gasteiger partial charge >= 0.3 is 5.97 Å². The molecule has 0 saturated heterocycles. The van der Waals surface area contributed by atoms with E-state index >= 15 is 0 Å². The largest absolute Gasteiger partial charge is 0.422 e. The zero-order valence-corrected chi connectivity index (χ0v) is 12.4. The lowest BCUT2D eigenvalue weighted by atomic mass is 10.3. The fourth-order valence-corrected chi connectivity index (χ4v) is 2.15. The average Bonchev–Trinajstić information content (AvgIpc) is 2.76. The minimum atomic E-state index is -0.466. The summed E-state index contributed by atoms with van der Waals surface area (Å²) in [6.07, 6.45) is 6.43. The SMILES string of the molecule is Cn1cc(C=CC(=O)Oc2ccc(Cl)cc2Br)cn1. The summed E-state index contributed by atoms with van der Waals surface area (Å²) < 4.78 is 7.45. The molecule has 0 spiro atoms. The standard InChI is InChI=1S/C13H10BrClN2O2/c1-17-8-9(7-16-17)2-5-13(18)19-12-4-3-10(15)6-11(12)14/h2-8H,1H3. The van der Waals surface area contributed by atoms with Crippen molar-refractivity contribution in [2.24, 2.45) is 7.05 Å². The smallest absolute Gasteiger partial charge is 0.336 e. The number of hydrogen-bond acceptors (Lipinski definition) is 3. The molecule has 0 aliphatic rings. The van der Waals surface area contributed by atoms with Crippen molar-refractivity contribution in [2.75, 3.05) is 0 Å². The molecule has 0 aliphatic carbocycles. The van der Waals surface area contributed by atoms with Crippen molar-refractivity contribution in [3.63, 3.8) is 0 Å². The van der Waals surface area contributed by atoms with E-state index in [1.165, 1.54) is 6.08 Å². The topological polar surface area (TPSA) is 44.1 Å². The lowest BCUT2D eigenvalue weighted by Crippen LogP contribution is -2.03. The number of benzene rings is 1. The van der Waals surface area contributed by atoms with Crippen molar-refractivity contribution >= 4 is 39.6 Å². The maximum absolute atomic E-state index is 11.6. The van der Waals surface area contributed by atoms with Crippen LogP contribution in [0.2, 0.25) is 5.02 Å². The number of carbonyl (C=O) groups is 1. The number of rotatable bonds is 3. The molecule has 0 amide bonds. The maximum Gasteiger partial charge on any atom is 0.336 e. The minimum Gasteiger partial charge on any atom is -0.422 e. The van der Waals surface area contributed by atoms with Crippen LogP contribution in [0.1, 0.15) is 5.56 Å². The average molecular weight is 342 g/mol. The first-order valence-electron chi connectivity index (χ1n) is 5.38. The van der Waals surface area contributed by atoms with Crippen LogP contribution in [0.15, 0.2) is 41.1 Å². The lowest BCUT2D eigenvalue weighted by Gasteiger charge is -2.03. The Kier molecular flexibility index (Phi) is 4.39. The van der Waals surface area contributed by atoms with E-state index in [2.05, 4.69) is 21.0 Å². The molecule has 0 radical (unpaired) electrons. The van der Waals surface area contributed by atoms with Gasteiger partial charge in [-0.2, -0.15) is 5.10 Å². The quantitative estimate of drug-likeness (QED) is 0.488. The molecule has 2 rings (SSSR count). The highest BCUT2D eigenvalue weighted by Gasteiger charge is 2.05. The Labute approximate surface area is 123 Å². The first-order chi connectivity index (χ1) is 9.04. The van der Waals surface area contributed by atoms with E-state index in [-0.39, 0.29) is 0 Å². The summed E-state index contributed by atoms with van der Waals surface area (Å²) >= 11 is 9.08. The summed E-state index contributed by atoms with van der Waals surface area (Å²) in [5.41, 5.74) is 0.828. The monoisotopic (exact) mass is 340 g/mol. The second kappa shape index (κ2) is 6.04. The van der Waals surface area contributed by atoms with Crippen LogP contribution in [0.5, 0.6) is 5.75 Å². The highest BCUT2D eigenvalue weighted by atomic mass is 79.9. The summed E-state index contributed by atoms with van der Waals surface area (Å²) in [6, 6.07) is 4.94. The second-order valence-corrected chi connectivity index (χ2v) is 5.07. The van der Waals surface area contributed by atoms with Gasteiger partial charge in [0.15, 0.2) is 0 Å². The van der Waals surface area contributed by atoms with Crippen LogP contribution in [0.25, 0.3) is 6.08 Å². The van der Waals surface area contributed by atoms with Crippen molar-refractivity contribution in [1.29, 1.82) is 0 Å². The first-order valence-corrected chi connectivity index (χ1v) is 6.55. The van der Waals surface area contributed by atoms with E-state index in [0.29, 0.717) is 15.2 Å². The fourth-order valence-electron chi connectivity index (χ4n) is 1.39. The summed E-state index contributed by atoms with van der Waals surface area (Å²) in [6.45, 7) is 0. The number of esters is 1. The van der Waals surface area contributed by atoms with Gasteiger partial charge in [0, 0.05) is 29.9 Å². The summed E-state index contributed by atoms with van der Waals surface area (Å²) in [5.74, 6) is -0.0443. The lowest BCUT2D eigenvalue weighted by molar-refractivity contribution is -0.128. The Balaban J connectivity index is 2.03. The predicted molar refractivity (Wildman–Crippen MR) is 77.0 cm³/mol. The van der Waals surface area contributed by atoms with E-state index in [1.807, 2.05) is 0 Å². The van der Waals surface area contributed by atoms with Gasteiger partial charge in [0.05, 0.1) is 10.7 Å². The Morgan fingerprint density at radius 1 is 1.53 bits per heavy atom.